The number of nitrogens with zero attached hydrogens (tertiary/aromatic N) is 2. The number of rotatable bonds is 3. The van der Waals surface area contributed by atoms with Crippen molar-refractivity contribution in [2.75, 3.05) is 44.8 Å². The Kier molecular flexibility index (Phi) is 5.43. The van der Waals surface area contributed by atoms with Crippen LogP contribution in [0.3, 0.4) is 0 Å². The Bertz CT molecular complexity index is 663. The zero-order chi connectivity index (χ0) is 18.8. The Balaban J connectivity index is 1.24. The summed E-state index contributed by atoms with van der Waals surface area (Å²) in [4.78, 5) is 17.2. The van der Waals surface area contributed by atoms with Gasteiger partial charge >= 0.3 is 6.03 Å². The summed E-state index contributed by atoms with van der Waals surface area (Å²) in [5.74, 6) is 3.74. The topological polar surface area (TPSA) is 54.0 Å². The standard InChI is InChI=1S/C21H31N3O3/c1-15-9-16(2)12-23(11-15)13-17-5-7-24(8-6-17)21(25)22-18-3-4-19-20(10-18)27-14-26-19/h3-4,10,15-17H,5-9,11-14H2,1-2H3,(H,22,25)/t15-,16+. The maximum absolute atomic E-state index is 12.6. The van der Waals surface area contributed by atoms with Gasteiger partial charge in [0.2, 0.25) is 6.79 Å². The molecule has 0 spiro atoms. The molecule has 1 N–H and O–H groups in total. The van der Waals surface area contributed by atoms with Gasteiger partial charge in [-0.15, -0.1) is 0 Å². The molecule has 2 amide bonds. The van der Waals surface area contributed by atoms with Gasteiger partial charge in [0.25, 0.3) is 0 Å². The zero-order valence-corrected chi connectivity index (χ0v) is 16.4. The predicted octanol–water partition coefficient (Wildman–Crippen LogP) is 3.64. The highest BCUT2D eigenvalue weighted by molar-refractivity contribution is 5.89. The molecule has 0 aliphatic carbocycles. The molecule has 0 radical (unpaired) electrons. The zero-order valence-electron chi connectivity index (χ0n) is 16.4. The molecular formula is C21H31N3O3. The molecule has 6 heteroatoms. The number of fused-ring (bicyclic) bond motifs is 1. The monoisotopic (exact) mass is 373 g/mol. The first-order valence-electron chi connectivity index (χ1n) is 10.2. The van der Waals surface area contributed by atoms with Crippen molar-refractivity contribution in [3.63, 3.8) is 0 Å². The molecule has 2 atom stereocenters. The first kappa shape index (κ1) is 18.4. The molecule has 0 bridgehead atoms. The smallest absolute Gasteiger partial charge is 0.321 e. The predicted molar refractivity (Wildman–Crippen MR) is 105 cm³/mol. The minimum Gasteiger partial charge on any atom is -0.454 e. The van der Waals surface area contributed by atoms with Gasteiger partial charge in [0.15, 0.2) is 11.5 Å². The molecule has 27 heavy (non-hydrogen) atoms. The number of carbonyl (C=O) groups is 1. The van der Waals surface area contributed by atoms with Crippen LogP contribution in [0.15, 0.2) is 18.2 Å². The van der Waals surface area contributed by atoms with Crippen molar-refractivity contribution >= 4 is 11.7 Å². The fourth-order valence-electron chi connectivity index (χ4n) is 4.80. The lowest BCUT2D eigenvalue weighted by Crippen LogP contribution is -2.46. The normalized spacial score (nSPS) is 26.2. The third-order valence-corrected chi connectivity index (χ3v) is 5.99. The van der Waals surface area contributed by atoms with Crippen LogP contribution in [0.1, 0.15) is 33.1 Å². The van der Waals surface area contributed by atoms with Crippen LogP contribution >= 0.6 is 0 Å². The Morgan fingerprint density at radius 2 is 1.81 bits per heavy atom. The lowest BCUT2D eigenvalue weighted by atomic mass is 9.89. The van der Waals surface area contributed by atoms with E-state index in [9.17, 15) is 4.79 Å². The van der Waals surface area contributed by atoms with Crippen LogP contribution in [0.5, 0.6) is 11.5 Å². The summed E-state index contributed by atoms with van der Waals surface area (Å²) in [5, 5.41) is 2.99. The average Bonchev–Trinajstić information content (AvgIpc) is 3.09. The molecule has 0 unspecified atom stereocenters. The van der Waals surface area contributed by atoms with Gasteiger partial charge in [-0.1, -0.05) is 13.8 Å². The van der Waals surface area contributed by atoms with Crippen LogP contribution in [0.2, 0.25) is 0 Å². The molecule has 0 saturated carbocycles. The molecule has 2 saturated heterocycles. The maximum Gasteiger partial charge on any atom is 0.321 e. The average molecular weight is 373 g/mol. The fraction of sp³-hybridized carbons (Fsp3) is 0.667. The van der Waals surface area contributed by atoms with Gasteiger partial charge in [0.1, 0.15) is 0 Å². The largest absolute Gasteiger partial charge is 0.454 e. The van der Waals surface area contributed by atoms with Gasteiger partial charge in [0, 0.05) is 44.5 Å². The lowest BCUT2D eigenvalue weighted by Gasteiger charge is -2.39. The number of nitrogens with one attached hydrogen (secondary N) is 1. The maximum atomic E-state index is 12.6. The lowest BCUT2D eigenvalue weighted by molar-refractivity contribution is 0.101. The van der Waals surface area contributed by atoms with E-state index in [0.717, 1.165) is 49.2 Å². The van der Waals surface area contributed by atoms with Gasteiger partial charge < -0.3 is 24.6 Å². The Morgan fingerprint density at radius 1 is 1.11 bits per heavy atom. The van der Waals surface area contributed by atoms with E-state index in [2.05, 4.69) is 24.1 Å². The molecule has 1 aromatic carbocycles. The van der Waals surface area contributed by atoms with E-state index in [1.165, 1.54) is 26.1 Å². The molecular weight excluding hydrogens is 342 g/mol. The number of hydrogen-bond acceptors (Lipinski definition) is 4. The van der Waals surface area contributed by atoms with Gasteiger partial charge in [-0.25, -0.2) is 4.79 Å². The number of ether oxygens (including phenoxy) is 2. The summed E-state index contributed by atoms with van der Waals surface area (Å²) in [6.45, 7) is 10.3. The second-order valence-electron chi connectivity index (χ2n) is 8.59. The highest BCUT2D eigenvalue weighted by atomic mass is 16.7. The van der Waals surface area contributed by atoms with Crippen LogP contribution in [0, 0.1) is 17.8 Å². The number of amides is 2. The summed E-state index contributed by atoms with van der Waals surface area (Å²) in [6, 6.07) is 5.50. The van der Waals surface area contributed by atoms with Gasteiger partial charge in [-0.2, -0.15) is 0 Å². The van der Waals surface area contributed by atoms with Crippen molar-refractivity contribution in [2.45, 2.75) is 33.1 Å². The molecule has 4 rings (SSSR count). The van der Waals surface area contributed by atoms with Crippen LogP contribution in [-0.2, 0) is 0 Å². The SMILES string of the molecule is C[C@@H]1C[C@H](C)CN(CC2CCN(C(=O)Nc3ccc4c(c3)OCO4)CC2)C1. The number of benzene rings is 1. The van der Waals surface area contributed by atoms with Gasteiger partial charge in [0.05, 0.1) is 0 Å². The first-order valence-corrected chi connectivity index (χ1v) is 10.2. The minimum atomic E-state index is -0.0208. The summed E-state index contributed by atoms with van der Waals surface area (Å²) in [7, 11) is 0. The third kappa shape index (κ3) is 4.49. The molecule has 2 fully saturated rings. The van der Waals surface area contributed by atoms with Crippen molar-refractivity contribution in [2.24, 2.45) is 17.8 Å². The number of hydrogen-bond donors (Lipinski definition) is 1. The summed E-state index contributed by atoms with van der Waals surface area (Å²) in [6.07, 6.45) is 3.54. The Labute approximate surface area is 161 Å². The number of carbonyl (C=O) groups excluding carboxylic acids is 1. The summed E-state index contributed by atoms with van der Waals surface area (Å²) < 4.78 is 10.7. The number of urea groups is 1. The van der Waals surface area contributed by atoms with Crippen molar-refractivity contribution < 1.29 is 14.3 Å². The van der Waals surface area contributed by atoms with Crippen molar-refractivity contribution in [3.05, 3.63) is 18.2 Å². The number of anilines is 1. The van der Waals surface area contributed by atoms with E-state index in [0.29, 0.717) is 11.7 Å². The molecule has 6 nitrogen and oxygen atoms in total. The van der Waals surface area contributed by atoms with Gasteiger partial charge in [-0.3, -0.25) is 0 Å². The van der Waals surface area contributed by atoms with E-state index in [-0.39, 0.29) is 12.8 Å². The van der Waals surface area contributed by atoms with Crippen LogP contribution < -0.4 is 14.8 Å². The molecule has 0 aromatic heterocycles. The van der Waals surface area contributed by atoms with Crippen molar-refractivity contribution in [1.29, 1.82) is 0 Å². The molecule has 1 aromatic rings. The van der Waals surface area contributed by atoms with E-state index in [4.69, 9.17) is 9.47 Å². The van der Waals surface area contributed by atoms with E-state index in [1.807, 2.05) is 23.1 Å². The van der Waals surface area contributed by atoms with Gasteiger partial charge in [-0.05, 0) is 49.1 Å². The third-order valence-electron chi connectivity index (χ3n) is 5.99. The highest BCUT2D eigenvalue weighted by Gasteiger charge is 2.28. The summed E-state index contributed by atoms with van der Waals surface area (Å²) in [5.41, 5.74) is 0.752. The minimum absolute atomic E-state index is 0.0208. The van der Waals surface area contributed by atoms with E-state index in [1.54, 1.807) is 0 Å². The van der Waals surface area contributed by atoms with E-state index < -0.39 is 0 Å². The second-order valence-corrected chi connectivity index (χ2v) is 8.59. The van der Waals surface area contributed by atoms with Crippen molar-refractivity contribution in [3.8, 4) is 11.5 Å². The quantitative estimate of drug-likeness (QED) is 0.879. The highest BCUT2D eigenvalue weighted by Crippen LogP contribution is 2.34. The second kappa shape index (κ2) is 7.97. The van der Waals surface area contributed by atoms with Crippen LogP contribution in [0.4, 0.5) is 10.5 Å². The number of piperidine rings is 2. The Morgan fingerprint density at radius 3 is 2.56 bits per heavy atom. The fourth-order valence-corrected chi connectivity index (χ4v) is 4.80. The first-order chi connectivity index (χ1) is 13.1. The molecule has 148 valence electrons. The molecule has 3 heterocycles. The summed E-state index contributed by atoms with van der Waals surface area (Å²) >= 11 is 0. The number of likely N-dealkylation sites (tertiary alicyclic amines) is 2. The van der Waals surface area contributed by atoms with Crippen molar-refractivity contribution in [1.82, 2.24) is 9.80 Å². The van der Waals surface area contributed by atoms with E-state index >= 15 is 0 Å². The molecule has 3 aliphatic heterocycles. The molecule has 3 aliphatic rings. The van der Waals surface area contributed by atoms with Crippen LogP contribution in [-0.4, -0.2) is 55.3 Å². The Hall–Kier alpha value is -1.95. The van der Waals surface area contributed by atoms with Crippen LogP contribution in [0.25, 0.3) is 0 Å².